The predicted molar refractivity (Wildman–Crippen MR) is 107 cm³/mol. The highest BCUT2D eigenvalue weighted by atomic mass is 19.1. The van der Waals surface area contributed by atoms with Gasteiger partial charge >= 0.3 is 5.97 Å². The van der Waals surface area contributed by atoms with Crippen LogP contribution in [0.1, 0.15) is 54.9 Å². The molecule has 2 saturated carbocycles. The molecule has 0 unspecified atom stereocenters. The minimum Gasteiger partial charge on any atom is -0.477 e. The molecule has 0 aromatic carbocycles. The summed E-state index contributed by atoms with van der Waals surface area (Å²) < 4.78 is 16.8. The molecule has 8 heteroatoms. The van der Waals surface area contributed by atoms with Crippen molar-refractivity contribution in [2.75, 3.05) is 18.0 Å². The Morgan fingerprint density at radius 3 is 2.69 bits per heavy atom. The number of rotatable bonds is 3. The fraction of sp³-hybridized carbons (Fsp3) is 0.571. The summed E-state index contributed by atoms with van der Waals surface area (Å²) in [6.45, 7) is 1.39. The van der Waals surface area contributed by atoms with Crippen molar-refractivity contribution >= 4 is 22.8 Å². The van der Waals surface area contributed by atoms with Gasteiger partial charge in [-0.1, -0.05) is 12.8 Å². The predicted octanol–water partition coefficient (Wildman–Crippen LogP) is 2.52. The van der Waals surface area contributed by atoms with Gasteiger partial charge < -0.3 is 20.3 Å². The molecule has 0 spiro atoms. The zero-order valence-corrected chi connectivity index (χ0v) is 16.2. The van der Waals surface area contributed by atoms with E-state index < -0.39 is 17.2 Å². The molecule has 1 aliphatic heterocycles. The van der Waals surface area contributed by atoms with Crippen molar-refractivity contribution in [3.63, 3.8) is 0 Å². The van der Waals surface area contributed by atoms with Crippen LogP contribution in [0.5, 0.6) is 0 Å². The molecule has 5 rings (SSSR count). The van der Waals surface area contributed by atoms with Gasteiger partial charge in [0.25, 0.3) is 0 Å². The van der Waals surface area contributed by atoms with Crippen molar-refractivity contribution in [2.45, 2.75) is 50.6 Å². The summed E-state index contributed by atoms with van der Waals surface area (Å²) in [4.78, 5) is 30.6. The first kappa shape index (κ1) is 18.5. The van der Waals surface area contributed by atoms with Crippen LogP contribution in [-0.2, 0) is 0 Å². The Morgan fingerprint density at radius 2 is 1.97 bits per heavy atom. The molecule has 1 saturated heterocycles. The molecule has 3 fully saturated rings. The van der Waals surface area contributed by atoms with Crippen molar-refractivity contribution < 1.29 is 14.3 Å². The molecule has 0 amide bonds. The fourth-order valence-electron chi connectivity index (χ4n) is 5.10. The van der Waals surface area contributed by atoms with Crippen LogP contribution in [0, 0.1) is 17.7 Å². The molecule has 3 atom stereocenters. The Balaban J connectivity index is 1.60. The normalized spacial score (nSPS) is 27.1. The van der Waals surface area contributed by atoms with Gasteiger partial charge in [-0.3, -0.25) is 4.79 Å². The molecule has 3 heterocycles. The van der Waals surface area contributed by atoms with Crippen LogP contribution in [0.2, 0.25) is 0 Å². The lowest BCUT2D eigenvalue weighted by Gasteiger charge is -2.22. The molecule has 2 aromatic rings. The quantitative estimate of drug-likeness (QED) is 0.821. The van der Waals surface area contributed by atoms with Gasteiger partial charge in [0, 0.05) is 31.4 Å². The highest BCUT2D eigenvalue weighted by Gasteiger charge is 2.39. The van der Waals surface area contributed by atoms with Crippen molar-refractivity contribution in [2.24, 2.45) is 17.6 Å². The van der Waals surface area contributed by atoms with Crippen molar-refractivity contribution in [3.8, 4) is 0 Å². The molecule has 3 N–H and O–H groups in total. The average Bonchev–Trinajstić information content (AvgIpc) is 3.46. The van der Waals surface area contributed by atoms with Gasteiger partial charge in [-0.2, -0.15) is 0 Å². The van der Waals surface area contributed by atoms with Gasteiger partial charge in [-0.15, -0.1) is 0 Å². The molecule has 7 nitrogen and oxygen atoms in total. The van der Waals surface area contributed by atoms with Crippen LogP contribution < -0.4 is 16.1 Å². The van der Waals surface area contributed by atoms with Crippen molar-refractivity contribution in [1.29, 1.82) is 0 Å². The molecule has 29 heavy (non-hydrogen) atoms. The van der Waals surface area contributed by atoms with Crippen LogP contribution in [0.15, 0.2) is 17.1 Å². The molecule has 2 aromatic heterocycles. The van der Waals surface area contributed by atoms with Crippen LogP contribution >= 0.6 is 0 Å². The maximum atomic E-state index is 15.1. The van der Waals surface area contributed by atoms with E-state index in [2.05, 4.69) is 4.98 Å². The average molecular weight is 400 g/mol. The Bertz CT molecular complexity index is 1050. The number of carboxylic acids is 1. The number of fused-ring (bicyclic) bond motifs is 2. The number of halogens is 1. The Hall–Kier alpha value is -2.48. The Morgan fingerprint density at radius 1 is 1.21 bits per heavy atom. The second-order valence-electron chi connectivity index (χ2n) is 8.76. The zero-order chi connectivity index (χ0) is 20.3. The molecule has 2 aliphatic carbocycles. The summed E-state index contributed by atoms with van der Waals surface area (Å²) in [6.07, 6.45) is 7.55. The van der Waals surface area contributed by atoms with E-state index >= 15 is 4.39 Å². The van der Waals surface area contributed by atoms with E-state index in [1.165, 1.54) is 12.3 Å². The first-order valence-corrected chi connectivity index (χ1v) is 10.4. The van der Waals surface area contributed by atoms with Gasteiger partial charge in [0.1, 0.15) is 11.2 Å². The number of pyridine rings is 2. The van der Waals surface area contributed by atoms with Crippen LogP contribution in [0.4, 0.5) is 10.2 Å². The highest BCUT2D eigenvalue weighted by molar-refractivity contribution is 5.92. The molecular weight excluding hydrogens is 375 g/mol. The number of carbonyl (C=O) groups is 1. The Labute approximate surface area is 167 Å². The number of aromatic nitrogens is 2. The SMILES string of the molecule is N[C@H]1CCCC[C@@H]2CN(c3nc4c(cc3F)c(=O)c(C(=O)O)cn4C3CC3)C[C@@H]21. The third-order valence-corrected chi connectivity index (χ3v) is 6.81. The summed E-state index contributed by atoms with van der Waals surface area (Å²) in [5.74, 6) is -0.873. The van der Waals surface area contributed by atoms with Gasteiger partial charge in [0.2, 0.25) is 5.43 Å². The number of hydrogen-bond donors (Lipinski definition) is 2. The van der Waals surface area contributed by atoms with Crippen molar-refractivity contribution in [1.82, 2.24) is 9.55 Å². The lowest BCUT2D eigenvalue weighted by molar-refractivity contribution is 0.0695. The second-order valence-corrected chi connectivity index (χ2v) is 8.76. The first-order chi connectivity index (χ1) is 13.9. The summed E-state index contributed by atoms with van der Waals surface area (Å²) >= 11 is 0. The minimum absolute atomic E-state index is 0.0307. The van der Waals surface area contributed by atoms with E-state index in [9.17, 15) is 14.7 Å². The lowest BCUT2D eigenvalue weighted by atomic mass is 9.88. The Kier molecular flexibility index (Phi) is 4.34. The number of carboxylic acid groups (broad SMARTS) is 1. The first-order valence-electron chi connectivity index (χ1n) is 10.4. The van der Waals surface area contributed by atoms with Gasteiger partial charge in [0.15, 0.2) is 11.6 Å². The van der Waals surface area contributed by atoms with Crippen LogP contribution in [0.25, 0.3) is 11.0 Å². The van der Waals surface area contributed by atoms with E-state index in [1.54, 1.807) is 4.57 Å². The smallest absolute Gasteiger partial charge is 0.341 e. The molecule has 154 valence electrons. The third-order valence-electron chi connectivity index (χ3n) is 6.81. The van der Waals surface area contributed by atoms with E-state index in [4.69, 9.17) is 5.73 Å². The van der Waals surface area contributed by atoms with Gasteiger partial charge in [-0.25, -0.2) is 14.2 Å². The summed E-state index contributed by atoms with van der Waals surface area (Å²) in [7, 11) is 0. The number of hydrogen-bond acceptors (Lipinski definition) is 5. The highest BCUT2D eigenvalue weighted by Crippen LogP contribution is 2.39. The topological polar surface area (TPSA) is 101 Å². The second kappa shape index (κ2) is 6.79. The number of anilines is 1. The summed E-state index contributed by atoms with van der Waals surface area (Å²) in [5.41, 5.74) is 5.73. The van der Waals surface area contributed by atoms with E-state index in [0.717, 1.165) is 38.5 Å². The van der Waals surface area contributed by atoms with Gasteiger partial charge in [-0.05, 0) is 43.6 Å². The van der Waals surface area contributed by atoms with E-state index in [1.807, 2.05) is 4.90 Å². The zero-order valence-electron chi connectivity index (χ0n) is 16.2. The summed E-state index contributed by atoms with van der Waals surface area (Å²) in [5, 5.41) is 9.40. The van der Waals surface area contributed by atoms with Gasteiger partial charge in [0.05, 0.1) is 5.39 Å². The lowest BCUT2D eigenvalue weighted by Crippen LogP contribution is -2.34. The molecular formula is C21H25FN4O3. The van der Waals surface area contributed by atoms with Crippen LogP contribution in [-0.4, -0.2) is 39.8 Å². The fourth-order valence-corrected chi connectivity index (χ4v) is 5.10. The van der Waals surface area contributed by atoms with Crippen LogP contribution in [0.3, 0.4) is 0 Å². The number of nitrogens with two attached hydrogens (primary N) is 1. The largest absolute Gasteiger partial charge is 0.477 e. The molecule has 3 aliphatic rings. The minimum atomic E-state index is -1.30. The monoisotopic (exact) mass is 400 g/mol. The molecule has 0 radical (unpaired) electrons. The maximum absolute atomic E-state index is 15.1. The number of aromatic carboxylic acids is 1. The van der Waals surface area contributed by atoms with Crippen molar-refractivity contribution in [3.05, 3.63) is 33.9 Å². The number of nitrogens with zero attached hydrogens (tertiary/aromatic N) is 3. The van der Waals surface area contributed by atoms with E-state index in [-0.39, 0.29) is 28.9 Å². The summed E-state index contributed by atoms with van der Waals surface area (Å²) in [6, 6.07) is 1.40. The maximum Gasteiger partial charge on any atom is 0.341 e. The standard InChI is InChI=1S/C21H25FN4O3/c22-16-7-13-18(27)15(21(28)29)10-26(12-5-6-12)19(13)24-20(16)25-8-11-3-1-2-4-17(23)14(11)9-25/h7,10-12,14,17H,1-6,8-9,23H2,(H,28,29)/t11-,14+,17+/m1/s1. The molecule has 0 bridgehead atoms. The third kappa shape index (κ3) is 3.10. The van der Waals surface area contributed by atoms with E-state index in [0.29, 0.717) is 30.6 Å².